The summed E-state index contributed by atoms with van der Waals surface area (Å²) in [6, 6.07) is 28.1. The van der Waals surface area contributed by atoms with Crippen LogP contribution in [0.5, 0.6) is 17.2 Å². The number of furan rings is 1. The number of benzene rings is 4. The van der Waals surface area contributed by atoms with Gasteiger partial charge in [-0.15, -0.1) is 0 Å². The minimum absolute atomic E-state index is 0.0889. The van der Waals surface area contributed by atoms with Crippen molar-refractivity contribution in [3.05, 3.63) is 119 Å². The molecule has 3 aromatic heterocycles. The first-order valence-corrected chi connectivity index (χ1v) is 27.3. The fourth-order valence-electron chi connectivity index (χ4n) is 9.77. The molecule has 4 N–H and O–H groups in total. The lowest BCUT2D eigenvalue weighted by molar-refractivity contribution is -0.121. The number of ketones is 1. The number of hydrogen-bond donors (Lipinski definition) is 4. The van der Waals surface area contributed by atoms with Gasteiger partial charge in [0, 0.05) is 71.8 Å². The average molecular weight is 1060 g/mol. The first-order valence-electron chi connectivity index (χ1n) is 27.3. The molecule has 4 heterocycles. The Bertz CT molecular complexity index is 2970. The maximum Gasteiger partial charge on any atom is 0.220 e. The third kappa shape index (κ3) is 15.6. The van der Waals surface area contributed by atoms with E-state index in [0.717, 1.165) is 96.1 Å². The molecule has 1 saturated heterocycles. The molecule has 17 nitrogen and oxygen atoms in total. The summed E-state index contributed by atoms with van der Waals surface area (Å²) in [6.07, 6.45) is 5.49. The van der Waals surface area contributed by atoms with Crippen molar-refractivity contribution < 1.29 is 42.4 Å². The Kier molecular flexibility index (Phi) is 20.8. The normalized spacial score (nSPS) is 13.2. The van der Waals surface area contributed by atoms with E-state index in [1.807, 2.05) is 85.4 Å². The topological polar surface area (TPSA) is 179 Å². The standard InChI is InChI=1S/C60H78N8O9/c1-7-67(8-2)28-30-76-60-42(3)37-44(38-43(60)4)59(70)58-47-13-9-10-16-54(47)77-55(58)17-12-18-57(69)61-24-29-72-31-32-73-33-34-74-35-36-75-46-19-20-52(56(39-46)71-6)62-41-68-27-23-51(65-68)53-40-48-49(14-11-15-50(48)64-53)63-45-21-25-66(5)26-22-45/h9-11,13-16,19-20,23,27,37-40,45,62-64H,7-8,12,17-18,21-22,24-26,28-36,41H2,1-6H3,(H,61,69). The molecule has 0 spiro atoms. The molecule has 412 valence electrons. The van der Waals surface area contributed by atoms with Crippen molar-refractivity contribution in [2.75, 3.05) is 117 Å². The van der Waals surface area contributed by atoms with E-state index in [2.05, 4.69) is 75.9 Å². The van der Waals surface area contributed by atoms with Gasteiger partial charge in [-0.25, -0.2) is 0 Å². The van der Waals surface area contributed by atoms with E-state index < -0.39 is 0 Å². The number of ether oxygens (including phenoxy) is 6. The van der Waals surface area contributed by atoms with Crippen molar-refractivity contribution in [2.45, 2.75) is 72.5 Å². The smallest absolute Gasteiger partial charge is 0.220 e. The second-order valence-corrected chi connectivity index (χ2v) is 19.5. The molecular weight excluding hydrogens is 977 g/mol. The van der Waals surface area contributed by atoms with Gasteiger partial charge in [0.2, 0.25) is 5.91 Å². The van der Waals surface area contributed by atoms with Gasteiger partial charge in [0.15, 0.2) is 5.78 Å². The van der Waals surface area contributed by atoms with Crippen LogP contribution in [0.1, 0.15) is 72.3 Å². The van der Waals surface area contributed by atoms with Gasteiger partial charge >= 0.3 is 0 Å². The number of piperidine rings is 1. The van der Waals surface area contributed by atoms with E-state index in [0.29, 0.717) is 119 Å². The van der Waals surface area contributed by atoms with Crippen LogP contribution in [0, 0.1) is 13.8 Å². The molecule has 0 saturated carbocycles. The number of carbonyl (C=O) groups excluding carboxylic acids is 2. The molecule has 4 aromatic carbocycles. The van der Waals surface area contributed by atoms with Crippen molar-refractivity contribution in [3.63, 3.8) is 0 Å². The number of methoxy groups -OCH3 is 1. The highest BCUT2D eigenvalue weighted by atomic mass is 16.6. The van der Waals surface area contributed by atoms with Crippen LogP contribution in [-0.2, 0) is 32.1 Å². The van der Waals surface area contributed by atoms with Crippen LogP contribution >= 0.6 is 0 Å². The maximum absolute atomic E-state index is 14.1. The highest BCUT2D eigenvalue weighted by Crippen LogP contribution is 2.34. The van der Waals surface area contributed by atoms with Crippen LogP contribution < -0.4 is 30.2 Å². The van der Waals surface area contributed by atoms with Crippen molar-refractivity contribution in [3.8, 4) is 28.6 Å². The zero-order chi connectivity index (χ0) is 53.9. The van der Waals surface area contributed by atoms with Crippen LogP contribution in [0.15, 0.2) is 95.5 Å². The predicted octanol–water partition coefficient (Wildman–Crippen LogP) is 9.50. The number of likely N-dealkylation sites (tertiary alicyclic amines) is 1. The number of aromatic nitrogens is 3. The van der Waals surface area contributed by atoms with Crippen molar-refractivity contribution in [1.82, 2.24) is 29.9 Å². The van der Waals surface area contributed by atoms with Crippen LogP contribution in [-0.4, -0.2) is 149 Å². The fourth-order valence-corrected chi connectivity index (χ4v) is 9.77. The number of likely N-dealkylation sites (N-methyl/N-ethyl adjacent to an activating group) is 1. The summed E-state index contributed by atoms with van der Waals surface area (Å²) in [7, 11) is 3.82. The third-order valence-corrected chi connectivity index (χ3v) is 14.0. The molecule has 1 amide bonds. The SMILES string of the molecule is CCN(CC)CCOc1c(C)cc(C(=O)c2c(CCCC(=O)NCCOCCOCCOCCOc3ccc(NCn4ccc(-c5cc6c(NC7CCN(C)CC7)cccc6[nH]5)n4)c(OC)c3)oc3ccccc23)cc1C. The predicted molar refractivity (Wildman–Crippen MR) is 303 cm³/mol. The summed E-state index contributed by atoms with van der Waals surface area (Å²) in [5.41, 5.74) is 8.52. The average Bonchev–Trinajstić information content (AvgIpc) is 4.24. The molecule has 1 aliphatic rings. The van der Waals surface area contributed by atoms with Crippen LogP contribution in [0.2, 0.25) is 0 Å². The number of hydrogen-bond acceptors (Lipinski definition) is 14. The zero-order valence-electron chi connectivity index (χ0n) is 45.8. The molecule has 1 aliphatic heterocycles. The number of aryl methyl sites for hydroxylation is 3. The van der Waals surface area contributed by atoms with Gasteiger partial charge in [-0.3, -0.25) is 14.3 Å². The maximum atomic E-state index is 14.1. The van der Waals surface area contributed by atoms with Gasteiger partial charge in [-0.2, -0.15) is 5.10 Å². The van der Waals surface area contributed by atoms with Crippen molar-refractivity contribution in [1.29, 1.82) is 0 Å². The lowest BCUT2D eigenvalue weighted by atomic mass is 9.95. The van der Waals surface area contributed by atoms with Gasteiger partial charge < -0.3 is 63.6 Å². The number of fused-ring (bicyclic) bond motifs is 2. The van der Waals surface area contributed by atoms with Gasteiger partial charge in [-0.05, 0) is 132 Å². The summed E-state index contributed by atoms with van der Waals surface area (Å²) >= 11 is 0. The Morgan fingerprint density at radius 2 is 1.55 bits per heavy atom. The molecule has 77 heavy (non-hydrogen) atoms. The number of amides is 1. The molecule has 7 aromatic rings. The second-order valence-electron chi connectivity index (χ2n) is 19.5. The molecule has 0 radical (unpaired) electrons. The minimum atomic E-state index is -0.104. The number of aromatic amines is 1. The van der Waals surface area contributed by atoms with Crippen LogP contribution in [0.4, 0.5) is 11.4 Å². The summed E-state index contributed by atoms with van der Waals surface area (Å²) < 4.78 is 42.9. The largest absolute Gasteiger partial charge is 0.494 e. The summed E-state index contributed by atoms with van der Waals surface area (Å²) in [5, 5.41) is 16.9. The van der Waals surface area contributed by atoms with E-state index in [1.165, 1.54) is 5.39 Å². The van der Waals surface area contributed by atoms with Crippen molar-refractivity contribution in [2.24, 2.45) is 0 Å². The Morgan fingerprint density at radius 3 is 2.30 bits per heavy atom. The number of carbonyl (C=O) groups is 2. The molecule has 17 heteroatoms. The first kappa shape index (κ1) is 56.3. The third-order valence-electron chi connectivity index (χ3n) is 14.0. The number of nitrogens with one attached hydrogen (secondary N) is 4. The van der Waals surface area contributed by atoms with Gasteiger partial charge in [0.05, 0.1) is 63.7 Å². The Labute approximate surface area is 452 Å². The molecule has 1 fully saturated rings. The summed E-state index contributed by atoms with van der Waals surface area (Å²) in [4.78, 5) is 35.1. The fraction of sp³-hybridized carbons (Fsp3) is 0.450. The van der Waals surface area contributed by atoms with Crippen molar-refractivity contribution >= 4 is 44.9 Å². The number of anilines is 2. The molecular formula is C60H78N8O9. The van der Waals surface area contributed by atoms with E-state index in [1.54, 1.807) is 7.11 Å². The number of H-pyrrole nitrogens is 1. The molecule has 0 aliphatic carbocycles. The Hall–Kier alpha value is -6.89. The zero-order valence-corrected chi connectivity index (χ0v) is 45.8. The number of para-hydroxylation sites is 1. The monoisotopic (exact) mass is 1050 g/mol. The van der Waals surface area contributed by atoms with Crippen LogP contribution in [0.25, 0.3) is 33.3 Å². The van der Waals surface area contributed by atoms with Gasteiger partial charge in [0.25, 0.3) is 0 Å². The molecule has 8 rings (SSSR count). The lowest BCUT2D eigenvalue weighted by Gasteiger charge is -2.30. The summed E-state index contributed by atoms with van der Waals surface area (Å²) in [5.74, 6) is 2.54. The van der Waals surface area contributed by atoms with E-state index in [-0.39, 0.29) is 18.1 Å². The van der Waals surface area contributed by atoms with Gasteiger partial charge in [0.1, 0.15) is 54.2 Å². The van der Waals surface area contributed by atoms with E-state index in [4.69, 9.17) is 37.9 Å². The Balaban J connectivity index is 0.665. The van der Waals surface area contributed by atoms with Gasteiger partial charge in [-0.1, -0.05) is 38.1 Å². The highest BCUT2D eigenvalue weighted by Gasteiger charge is 2.24. The van der Waals surface area contributed by atoms with Crippen LogP contribution in [0.3, 0.4) is 0 Å². The molecule has 0 unspecified atom stereocenters. The number of nitrogens with zero attached hydrogens (tertiary/aromatic N) is 4. The number of rotatable bonds is 32. The quantitative estimate of drug-likeness (QED) is 0.0232. The summed E-state index contributed by atoms with van der Waals surface area (Å²) in [6.45, 7) is 17.4. The second kappa shape index (κ2) is 28.5. The Morgan fingerprint density at radius 1 is 0.805 bits per heavy atom. The highest BCUT2D eigenvalue weighted by molar-refractivity contribution is 6.17. The minimum Gasteiger partial charge on any atom is -0.494 e. The molecule has 0 bridgehead atoms. The van der Waals surface area contributed by atoms with E-state index in [9.17, 15) is 9.59 Å². The van der Waals surface area contributed by atoms with E-state index >= 15 is 0 Å². The lowest BCUT2D eigenvalue weighted by Crippen LogP contribution is -2.36. The first-order chi connectivity index (χ1) is 37.6. The molecule has 0 atom stereocenters.